The van der Waals surface area contributed by atoms with Gasteiger partial charge in [0.1, 0.15) is 0 Å². The van der Waals surface area contributed by atoms with Crippen molar-refractivity contribution in [1.29, 1.82) is 0 Å². The summed E-state index contributed by atoms with van der Waals surface area (Å²) in [5, 5.41) is 0.910. The molecule has 0 spiro atoms. The van der Waals surface area contributed by atoms with Crippen molar-refractivity contribution in [1.82, 2.24) is 4.90 Å². The molecule has 0 amide bonds. The van der Waals surface area contributed by atoms with E-state index in [1.807, 2.05) is 6.07 Å². The molecule has 1 nitrogen and oxygen atoms in total. The quantitative estimate of drug-likeness (QED) is 0.613. The van der Waals surface area contributed by atoms with Gasteiger partial charge in [0.2, 0.25) is 0 Å². The van der Waals surface area contributed by atoms with Gasteiger partial charge >= 0.3 is 0 Å². The monoisotopic (exact) mass is 193 g/mol. The van der Waals surface area contributed by atoms with Crippen LogP contribution in [0.4, 0.5) is 0 Å². The third kappa shape index (κ3) is 1.93. The fraction of sp³-hybridized carbons (Fsp3) is 0.273. The minimum absolute atomic E-state index is 0.843. The van der Waals surface area contributed by atoms with Gasteiger partial charge in [-0.05, 0) is 24.3 Å². The second-order valence-corrected chi connectivity index (χ2v) is 3.95. The van der Waals surface area contributed by atoms with E-state index >= 15 is 0 Å². The fourth-order valence-electron chi connectivity index (χ4n) is 1.64. The molecular formula is C11H12ClN. The number of rotatable bonds is 0. The lowest BCUT2D eigenvalue weighted by Crippen LogP contribution is -2.17. The summed E-state index contributed by atoms with van der Waals surface area (Å²) >= 11 is 6.06. The largest absolute Gasteiger partial charge is 0.297 e. The molecule has 0 fully saturated rings. The zero-order valence-electron chi connectivity index (χ0n) is 7.63. The minimum Gasteiger partial charge on any atom is -0.297 e. The second kappa shape index (κ2) is 3.52. The molecule has 0 atom stereocenters. The van der Waals surface area contributed by atoms with Gasteiger partial charge < -0.3 is 0 Å². The maximum atomic E-state index is 6.06. The highest BCUT2D eigenvalue weighted by Gasteiger charge is 2.09. The maximum Gasteiger partial charge on any atom is 0.0342 e. The SMILES string of the molecule is CN1CC(Cl)=Cc2ccccc2C1. The summed E-state index contributed by atoms with van der Waals surface area (Å²) in [6.07, 6.45) is 2.06. The van der Waals surface area contributed by atoms with Gasteiger partial charge in [-0.2, -0.15) is 0 Å². The van der Waals surface area contributed by atoms with Crippen molar-refractivity contribution < 1.29 is 0 Å². The molecule has 1 aliphatic rings. The molecule has 0 unspecified atom stereocenters. The van der Waals surface area contributed by atoms with Crippen LogP contribution in [0.3, 0.4) is 0 Å². The Kier molecular flexibility index (Phi) is 2.38. The molecule has 0 bridgehead atoms. The summed E-state index contributed by atoms with van der Waals surface area (Å²) in [5.41, 5.74) is 2.59. The van der Waals surface area contributed by atoms with Crippen LogP contribution >= 0.6 is 11.6 Å². The van der Waals surface area contributed by atoms with Gasteiger partial charge in [0.25, 0.3) is 0 Å². The zero-order chi connectivity index (χ0) is 9.26. The fourth-order valence-corrected chi connectivity index (χ4v) is 1.96. The van der Waals surface area contributed by atoms with Crippen LogP contribution in [0, 0.1) is 0 Å². The normalized spacial score (nSPS) is 17.5. The van der Waals surface area contributed by atoms with E-state index in [4.69, 9.17) is 11.6 Å². The van der Waals surface area contributed by atoms with E-state index in [-0.39, 0.29) is 0 Å². The van der Waals surface area contributed by atoms with Crippen molar-refractivity contribution in [3.05, 3.63) is 40.4 Å². The van der Waals surface area contributed by atoms with Gasteiger partial charge in [0.05, 0.1) is 0 Å². The molecule has 13 heavy (non-hydrogen) atoms. The Morgan fingerprint density at radius 1 is 1.23 bits per heavy atom. The first-order valence-electron chi connectivity index (χ1n) is 4.38. The molecule has 0 saturated heterocycles. The van der Waals surface area contributed by atoms with E-state index in [0.29, 0.717) is 0 Å². The van der Waals surface area contributed by atoms with Gasteiger partial charge in [-0.25, -0.2) is 0 Å². The predicted molar refractivity (Wildman–Crippen MR) is 56.6 cm³/mol. The summed E-state index contributed by atoms with van der Waals surface area (Å²) in [6.45, 7) is 1.82. The Bertz CT molecular complexity index is 344. The second-order valence-electron chi connectivity index (χ2n) is 3.46. The van der Waals surface area contributed by atoms with Gasteiger partial charge in [0.15, 0.2) is 0 Å². The van der Waals surface area contributed by atoms with Crippen LogP contribution in [0.25, 0.3) is 6.08 Å². The summed E-state index contributed by atoms with van der Waals surface area (Å²) in [4.78, 5) is 2.21. The highest BCUT2D eigenvalue weighted by atomic mass is 35.5. The molecule has 1 aromatic rings. The minimum atomic E-state index is 0.843. The van der Waals surface area contributed by atoms with Gasteiger partial charge in [-0.3, -0.25) is 4.90 Å². The number of nitrogens with zero attached hydrogens (tertiary/aromatic N) is 1. The van der Waals surface area contributed by atoms with E-state index in [2.05, 4.69) is 36.2 Å². The molecule has 1 aromatic carbocycles. The Morgan fingerprint density at radius 3 is 2.85 bits per heavy atom. The van der Waals surface area contributed by atoms with Crippen LogP contribution in [0.2, 0.25) is 0 Å². The molecule has 0 saturated carbocycles. The molecule has 1 aliphatic heterocycles. The molecule has 2 heteroatoms. The summed E-state index contributed by atoms with van der Waals surface area (Å²) in [5.74, 6) is 0. The lowest BCUT2D eigenvalue weighted by molar-refractivity contribution is 0.363. The van der Waals surface area contributed by atoms with Crippen molar-refractivity contribution in [2.75, 3.05) is 13.6 Å². The molecule has 0 radical (unpaired) electrons. The van der Waals surface area contributed by atoms with Crippen molar-refractivity contribution in [3.8, 4) is 0 Å². The number of hydrogen-bond donors (Lipinski definition) is 0. The van der Waals surface area contributed by atoms with Gasteiger partial charge in [-0.1, -0.05) is 35.9 Å². The lowest BCUT2D eigenvalue weighted by atomic mass is 10.1. The Balaban J connectivity index is 2.45. The average molecular weight is 194 g/mol. The standard InChI is InChI=1S/C11H12ClN/c1-13-7-10-5-3-2-4-9(10)6-11(12)8-13/h2-6H,7-8H2,1H3. The summed E-state index contributed by atoms with van der Waals surface area (Å²) in [6, 6.07) is 8.37. The van der Waals surface area contributed by atoms with Crippen LogP contribution < -0.4 is 0 Å². The summed E-state index contributed by atoms with van der Waals surface area (Å²) in [7, 11) is 2.08. The highest BCUT2D eigenvalue weighted by molar-refractivity contribution is 6.31. The number of halogens is 1. The zero-order valence-corrected chi connectivity index (χ0v) is 8.38. The van der Waals surface area contributed by atoms with E-state index in [1.54, 1.807) is 0 Å². The number of benzene rings is 1. The van der Waals surface area contributed by atoms with Gasteiger partial charge in [0, 0.05) is 18.1 Å². The Labute approximate surface area is 83.6 Å². The lowest BCUT2D eigenvalue weighted by Gasteiger charge is -2.13. The van der Waals surface area contributed by atoms with Crippen LogP contribution in [-0.4, -0.2) is 18.5 Å². The van der Waals surface area contributed by atoms with Crippen LogP contribution in [0.1, 0.15) is 11.1 Å². The molecule has 2 rings (SSSR count). The molecule has 1 heterocycles. The predicted octanol–water partition coefficient (Wildman–Crippen LogP) is 2.71. The van der Waals surface area contributed by atoms with Crippen molar-refractivity contribution in [3.63, 3.8) is 0 Å². The van der Waals surface area contributed by atoms with Crippen molar-refractivity contribution in [2.45, 2.75) is 6.54 Å². The molecular weight excluding hydrogens is 182 g/mol. The van der Waals surface area contributed by atoms with E-state index in [1.165, 1.54) is 11.1 Å². The van der Waals surface area contributed by atoms with Gasteiger partial charge in [-0.15, -0.1) is 0 Å². The smallest absolute Gasteiger partial charge is 0.0342 e. The average Bonchev–Trinajstić information content (AvgIpc) is 2.20. The third-order valence-corrected chi connectivity index (χ3v) is 2.46. The Hall–Kier alpha value is -0.790. The van der Waals surface area contributed by atoms with Crippen LogP contribution in [0.15, 0.2) is 29.3 Å². The van der Waals surface area contributed by atoms with Crippen molar-refractivity contribution in [2.24, 2.45) is 0 Å². The van der Waals surface area contributed by atoms with Crippen LogP contribution in [0.5, 0.6) is 0 Å². The molecule has 0 N–H and O–H groups in total. The van der Waals surface area contributed by atoms with Crippen LogP contribution in [-0.2, 0) is 6.54 Å². The first kappa shape index (κ1) is 8.79. The van der Waals surface area contributed by atoms with E-state index < -0.39 is 0 Å². The number of likely N-dealkylation sites (N-methyl/N-ethyl adjacent to an activating group) is 1. The maximum absolute atomic E-state index is 6.06. The molecule has 68 valence electrons. The molecule has 0 aromatic heterocycles. The van der Waals surface area contributed by atoms with Crippen molar-refractivity contribution >= 4 is 17.7 Å². The number of hydrogen-bond acceptors (Lipinski definition) is 1. The summed E-state index contributed by atoms with van der Waals surface area (Å²) < 4.78 is 0. The first-order valence-corrected chi connectivity index (χ1v) is 4.76. The highest BCUT2D eigenvalue weighted by Crippen LogP contribution is 2.21. The third-order valence-electron chi connectivity index (χ3n) is 2.23. The first-order chi connectivity index (χ1) is 6.25. The number of fused-ring (bicyclic) bond motifs is 1. The van der Waals surface area contributed by atoms with E-state index in [0.717, 1.165) is 18.1 Å². The molecule has 0 aliphatic carbocycles. The Morgan fingerprint density at radius 2 is 2.00 bits per heavy atom. The van der Waals surface area contributed by atoms with E-state index in [9.17, 15) is 0 Å². The topological polar surface area (TPSA) is 3.24 Å².